The molecule has 4 fully saturated rings. The van der Waals surface area contributed by atoms with E-state index in [2.05, 4.69) is 20.8 Å². The minimum atomic E-state index is -0.400. The van der Waals surface area contributed by atoms with Crippen LogP contribution >= 0.6 is 0 Å². The highest BCUT2D eigenvalue weighted by Gasteiger charge is 2.67. The molecule has 5 heteroatoms. The number of ether oxygens (including phenoxy) is 2. The van der Waals surface area contributed by atoms with Gasteiger partial charge in [0.05, 0.1) is 6.61 Å². The minimum absolute atomic E-state index is 0.0131. The van der Waals surface area contributed by atoms with E-state index in [1.165, 1.54) is 0 Å². The number of hydrogen-bond acceptors (Lipinski definition) is 5. The van der Waals surface area contributed by atoms with Gasteiger partial charge in [0.2, 0.25) is 0 Å². The van der Waals surface area contributed by atoms with E-state index in [9.17, 15) is 14.4 Å². The van der Waals surface area contributed by atoms with Gasteiger partial charge in [-0.05, 0) is 75.0 Å². The van der Waals surface area contributed by atoms with Crippen LogP contribution in [-0.4, -0.2) is 29.9 Å². The van der Waals surface area contributed by atoms with Crippen molar-refractivity contribution < 1.29 is 23.9 Å². The van der Waals surface area contributed by atoms with E-state index >= 15 is 0 Å². The summed E-state index contributed by atoms with van der Waals surface area (Å²) in [6.07, 6.45) is 8.36. The first-order valence-electron chi connectivity index (χ1n) is 13.0. The summed E-state index contributed by atoms with van der Waals surface area (Å²) in [6, 6.07) is 0. The molecule has 0 aliphatic heterocycles. The van der Waals surface area contributed by atoms with Crippen LogP contribution in [0.4, 0.5) is 0 Å². The van der Waals surface area contributed by atoms with Crippen molar-refractivity contribution >= 4 is 17.7 Å². The molecule has 0 spiro atoms. The molecule has 0 saturated heterocycles. The van der Waals surface area contributed by atoms with Gasteiger partial charge in [0.15, 0.2) is 0 Å². The van der Waals surface area contributed by atoms with E-state index in [0.717, 1.165) is 38.5 Å². The summed E-state index contributed by atoms with van der Waals surface area (Å²) in [5.41, 5.74) is -0.508. The van der Waals surface area contributed by atoms with Gasteiger partial charge < -0.3 is 9.47 Å². The van der Waals surface area contributed by atoms with E-state index in [4.69, 9.17) is 9.47 Å². The standard InChI is InChI=1S/C27H42O5/c1-6-23(29)31-16-27-17(3)14-19(28)15-18(27)8-9-20-21-11-13-26(5,32-24(30)7-2)25(21,4)12-10-22(20)27/h17-18,20-22H,6-16H2,1-5H3/t17-,18-,20-,21-,22-,25-,26+,27-/m0/s1. The van der Waals surface area contributed by atoms with Crippen LogP contribution in [0.5, 0.6) is 0 Å². The fraction of sp³-hybridized carbons (Fsp3) is 0.889. The van der Waals surface area contributed by atoms with Crippen molar-refractivity contribution in [2.45, 2.75) is 104 Å². The molecule has 0 N–H and O–H groups in total. The monoisotopic (exact) mass is 446 g/mol. The summed E-state index contributed by atoms with van der Waals surface area (Å²) < 4.78 is 12.0. The lowest BCUT2D eigenvalue weighted by Crippen LogP contribution is -2.61. The molecule has 0 amide bonds. The zero-order chi connectivity index (χ0) is 23.3. The first-order chi connectivity index (χ1) is 15.1. The van der Waals surface area contributed by atoms with Gasteiger partial charge >= 0.3 is 11.9 Å². The second-order valence-corrected chi connectivity index (χ2v) is 11.7. The molecule has 0 unspecified atom stereocenters. The predicted octanol–water partition coefficient (Wildman–Crippen LogP) is 5.49. The number of rotatable bonds is 5. The van der Waals surface area contributed by atoms with Crippen LogP contribution in [0.3, 0.4) is 0 Å². The van der Waals surface area contributed by atoms with E-state index in [0.29, 0.717) is 61.7 Å². The lowest BCUT2D eigenvalue weighted by molar-refractivity contribution is -0.200. The van der Waals surface area contributed by atoms with E-state index < -0.39 is 5.60 Å². The number of carbonyl (C=O) groups excluding carboxylic acids is 3. The van der Waals surface area contributed by atoms with Crippen LogP contribution in [0.1, 0.15) is 98.8 Å². The molecule has 4 saturated carbocycles. The summed E-state index contributed by atoms with van der Waals surface area (Å²) in [6.45, 7) is 10.9. The number of ketones is 1. The maximum Gasteiger partial charge on any atom is 0.306 e. The Morgan fingerprint density at radius 1 is 0.938 bits per heavy atom. The van der Waals surface area contributed by atoms with Gasteiger partial charge in [-0.2, -0.15) is 0 Å². The molecular weight excluding hydrogens is 404 g/mol. The summed E-state index contributed by atoms with van der Waals surface area (Å²) in [4.78, 5) is 36.9. The maximum atomic E-state index is 12.5. The van der Waals surface area contributed by atoms with Crippen molar-refractivity contribution in [2.75, 3.05) is 6.61 Å². The van der Waals surface area contributed by atoms with Gasteiger partial charge in [0.25, 0.3) is 0 Å². The van der Waals surface area contributed by atoms with Gasteiger partial charge in [-0.15, -0.1) is 0 Å². The van der Waals surface area contributed by atoms with Crippen molar-refractivity contribution in [1.82, 2.24) is 0 Å². The van der Waals surface area contributed by atoms with Gasteiger partial charge in [-0.3, -0.25) is 14.4 Å². The molecule has 0 aromatic rings. The molecule has 32 heavy (non-hydrogen) atoms. The number of fused-ring (bicyclic) bond motifs is 5. The number of carbonyl (C=O) groups is 3. The number of esters is 2. The van der Waals surface area contributed by atoms with Crippen LogP contribution in [0, 0.1) is 40.4 Å². The summed E-state index contributed by atoms with van der Waals surface area (Å²) in [5, 5.41) is 0. The molecule has 4 aliphatic carbocycles. The molecule has 0 aromatic heterocycles. The van der Waals surface area contributed by atoms with E-state index in [1.54, 1.807) is 0 Å². The fourth-order valence-electron chi connectivity index (χ4n) is 8.66. The van der Waals surface area contributed by atoms with E-state index in [1.807, 2.05) is 13.8 Å². The summed E-state index contributed by atoms with van der Waals surface area (Å²) >= 11 is 0. The number of Topliss-reactive ketones (excluding diaryl/α,β-unsaturated/α-hetero) is 1. The Hall–Kier alpha value is -1.39. The Labute approximate surface area is 193 Å². The van der Waals surface area contributed by atoms with Crippen LogP contribution in [0.15, 0.2) is 0 Å². The molecule has 180 valence electrons. The molecule has 0 aromatic carbocycles. The largest absolute Gasteiger partial charge is 0.465 e. The first kappa shape index (κ1) is 23.8. The van der Waals surface area contributed by atoms with Crippen LogP contribution in [-0.2, 0) is 23.9 Å². The van der Waals surface area contributed by atoms with Gasteiger partial charge in [-0.1, -0.05) is 27.7 Å². The molecule has 4 rings (SSSR count). The molecular formula is C27H42O5. The van der Waals surface area contributed by atoms with E-state index in [-0.39, 0.29) is 28.7 Å². The van der Waals surface area contributed by atoms with Gasteiger partial charge in [0, 0.05) is 36.5 Å². The molecule has 0 heterocycles. The van der Waals surface area contributed by atoms with Gasteiger partial charge in [0.1, 0.15) is 11.4 Å². The lowest BCUT2D eigenvalue weighted by Gasteiger charge is -2.63. The zero-order valence-electron chi connectivity index (χ0n) is 20.7. The molecule has 0 radical (unpaired) electrons. The highest BCUT2D eigenvalue weighted by atomic mass is 16.6. The lowest BCUT2D eigenvalue weighted by atomic mass is 9.42. The Morgan fingerprint density at radius 3 is 2.31 bits per heavy atom. The Morgan fingerprint density at radius 2 is 1.62 bits per heavy atom. The highest BCUT2D eigenvalue weighted by molar-refractivity contribution is 5.80. The summed E-state index contributed by atoms with van der Waals surface area (Å²) in [5.74, 6) is 2.23. The SMILES string of the molecule is CCC(=O)OC[C@]12[C@@H](CC[C@@H]3[C@@H]1CC[C@@]1(C)[C@H]3CC[C@@]1(C)OC(=O)CC)CC(=O)C[C@@H]2C. The van der Waals surface area contributed by atoms with Crippen LogP contribution in [0.2, 0.25) is 0 Å². The quantitative estimate of drug-likeness (QED) is 0.522. The predicted molar refractivity (Wildman–Crippen MR) is 122 cm³/mol. The molecule has 8 atom stereocenters. The van der Waals surface area contributed by atoms with Crippen molar-refractivity contribution in [2.24, 2.45) is 40.4 Å². The zero-order valence-corrected chi connectivity index (χ0v) is 20.7. The third kappa shape index (κ3) is 3.44. The minimum Gasteiger partial charge on any atom is -0.465 e. The van der Waals surface area contributed by atoms with Gasteiger partial charge in [-0.25, -0.2) is 0 Å². The average molecular weight is 447 g/mol. The third-order valence-electron chi connectivity index (χ3n) is 10.6. The topological polar surface area (TPSA) is 69.7 Å². The normalized spacial score (nSPS) is 45.4. The fourth-order valence-corrected chi connectivity index (χ4v) is 8.66. The smallest absolute Gasteiger partial charge is 0.306 e. The Balaban J connectivity index is 1.66. The van der Waals surface area contributed by atoms with Crippen molar-refractivity contribution in [3.05, 3.63) is 0 Å². The highest BCUT2D eigenvalue weighted by Crippen LogP contribution is 2.69. The average Bonchev–Trinajstić information content (AvgIpc) is 3.02. The third-order valence-corrected chi connectivity index (χ3v) is 10.6. The summed E-state index contributed by atoms with van der Waals surface area (Å²) in [7, 11) is 0. The number of hydrogen-bond donors (Lipinski definition) is 0. The molecule has 5 nitrogen and oxygen atoms in total. The van der Waals surface area contributed by atoms with Crippen molar-refractivity contribution in [3.8, 4) is 0 Å². The second kappa shape index (κ2) is 8.43. The maximum absolute atomic E-state index is 12.5. The molecule has 0 bridgehead atoms. The Bertz CT molecular complexity index is 776. The van der Waals surface area contributed by atoms with Crippen LogP contribution < -0.4 is 0 Å². The Kier molecular flexibility index (Phi) is 6.26. The van der Waals surface area contributed by atoms with Crippen LogP contribution in [0.25, 0.3) is 0 Å². The first-order valence-corrected chi connectivity index (χ1v) is 13.0. The van der Waals surface area contributed by atoms with Crippen molar-refractivity contribution in [3.63, 3.8) is 0 Å². The molecule has 4 aliphatic rings. The van der Waals surface area contributed by atoms with Crippen molar-refractivity contribution in [1.29, 1.82) is 0 Å². The second-order valence-electron chi connectivity index (χ2n) is 11.7.